The van der Waals surface area contributed by atoms with Gasteiger partial charge in [-0.1, -0.05) is 44.1 Å². The molecular formula is C20H29N2O5. The number of allylic oxidation sites excluding steroid dienone is 6. The van der Waals surface area contributed by atoms with Gasteiger partial charge in [0.1, 0.15) is 0 Å². The summed E-state index contributed by atoms with van der Waals surface area (Å²) in [6, 6.07) is 0. The minimum Gasteiger partial charge on any atom is -0.291 e. The summed E-state index contributed by atoms with van der Waals surface area (Å²) in [6.45, 7) is 2.16. The largest absolute Gasteiger partial charge is 0.291 e. The van der Waals surface area contributed by atoms with Gasteiger partial charge in [-0.3, -0.25) is 25.0 Å². The summed E-state index contributed by atoms with van der Waals surface area (Å²) in [6.07, 6.45) is 18.5. The first-order valence-corrected chi connectivity index (χ1v) is 9.34. The highest BCUT2D eigenvalue weighted by atomic mass is 16.6. The Bertz CT molecular complexity index is 577. The Labute approximate surface area is 160 Å². The van der Waals surface area contributed by atoms with Crippen LogP contribution >= 0.6 is 0 Å². The van der Waals surface area contributed by atoms with Gasteiger partial charge in [-0.25, -0.2) is 0 Å². The molecule has 0 unspecified atom stereocenters. The zero-order valence-corrected chi connectivity index (χ0v) is 16.0. The van der Waals surface area contributed by atoms with Crippen LogP contribution in [0, 0.1) is 20.2 Å². The third-order valence-corrected chi connectivity index (χ3v) is 3.79. The second-order valence-corrected chi connectivity index (χ2v) is 6.02. The van der Waals surface area contributed by atoms with Crippen molar-refractivity contribution >= 4 is 6.29 Å². The maximum Gasteiger partial charge on any atom is 0.246 e. The van der Waals surface area contributed by atoms with Gasteiger partial charge in [0.15, 0.2) is 6.29 Å². The molecule has 0 spiro atoms. The highest BCUT2D eigenvalue weighted by Crippen LogP contribution is 2.12. The van der Waals surface area contributed by atoms with Gasteiger partial charge in [-0.15, -0.1) is 0 Å². The molecule has 0 atom stereocenters. The predicted octanol–water partition coefficient (Wildman–Crippen LogP) is 5.45. The van der Waals surface area contributed by atoms with Crippen LogP contribution in [0.15, 0.2) is 47.9 Å². The van der Waals surface area contributed by atoms with Crippen LogP contribution in [-0.2, 0) is 4.79 Å². The number of hydrogen-bond donors (Lipinski definition) is 0. The molecule has 0 N–H and O–H groups in total. The Morgan fingerprint density at radius 1 is 0.852 bits per heavy atom. The van der Waals surface area contributed by atoms with Crippen molar-refractivity contribution < 1.29 is 14.6 Å². The Morgan fingerprint density at radius 2 is 1.52 bits per heavy atom. The first kappa shape index (κ1) is 24.4. The Morgan fingerprint density at radius 3 is 2.15 bits per heavy atom. The highest BCUT2D eigenvalue weighted by molar-refractivity contribution is 5.50. The second-order valence-electron chi connectivity index (χ2n) is 6.02. The van der Waals surface area contributed by atoms with E-state index < -0.39 is 9.85 Å². The number of rotatable bonds is 16. The molecule has 0 saturated carbocycles. The fourth-order valence-corrected chi connectivity index (χ4v) is 2.24. The maximum atomic E-state index is 11.1. The van der Waals surface area contributed by atoms with Crippen LogP contribution in [0.4, 0.5) is 0 Å². The van der Waals surface area contributed by atoms with E-state index in [9.17, 15) is 25.0 Å². The van der Waals surface area contributed by atoms with Crippen molar-refractivity contribution in [3.8, 4) is 0 Å². The molecule has 7 heteroatoms. The molecule has 0 aliphatic carbocycles. The Kier molecular flexibility index (Phi) is 15.3. The summed E-state index contributed by atoms with van der Waals surface area (Å²) in [5, 5.41) is 22.1. The Hall–Kier alpha value is -2.57. The summed E-state index contributed by atoms with van der Waals surface area (Å²) >= 11 is 0. The molecule has 149 valence electrons. The number of hydrogen-bond acceptors (Lipinski definition) is 5. The van der Waals surface area contributed by atoms with Crippen LogP contribution in [0.25, 0.3) is 0 Å². The molecule has 0 aliphatic heterocycles. The second kappa shape index (κ2) is 16.9. The zero-order valence-electron chi connectivity index (χ0n) is 16.0. The van der Waals surface area contributed by atoms with Gasteiger partial charge >= 0.3 is 0 Å². The minimum absolute atomic E-state index is 0.0628. The van der Waals surface area contributed by atoms with E-state index in [2.05, 4.69) is 13.0 Å². The first-order valence-electron chi connectivity index (χ1n) is 9.34. The lowest BCUT2D eigenvalue weighted by molar-refractivity contribution is -0.431. The molecule has 0 saturated heterocycles. The molecule has 0 aromatic rings. The molecular weight excluding hydrogens is 348 g/mol. The fraction of sp³-hybridized carbons (Fsp3) is 0.550. The minimum atomic E-state index is -0.544. The molecule has 0 heterocycles. The van der Waals surface area contributed by atoms with Gasteiger partial charge in [-0.05, 0) is 44.3 Å². The van der Waals surface area contributed by atoms with Gasteiger partial charge in [0.2, 0.25) is 11.4 Å². The van der Waals surface area contributed by atoms with Crippen molar-refractivity contribution in [3.63, 3.8) is 0 Å². The molecule has 0 bridgehead atoms. The molecule has 0 aromatic heterocycles. The number of nitro groups is 2. The zero-order chi connectivity index (χ0) is 20.3. The molecule has 0 aliphatic rings. The van der Waals surface area contributed by atoms with Crippen molar-refractivity contribution in [1.82, 2.24) is 0 Å². The molecule has 7 nitrogen and oxygen atoms in total. The topological polar surface area (TPSA) is 103 Å². The van der Waals surface area contributed by atoms with E-state index in [-0.39, 0.29) is 30.7 Å². The van der Waals surface area contributed by atoms with Crippen LogP contribution in [0.1, 0.15) is 71.1 Å². The van der Waals surface area contributed by atoms with Crippen LogP contribution in [0.5, 0.6) is 0 Å². The third kappa shape index (κ3) is 14.3. The average molecular weight is 377 g/mol. The third-order valence-electron chi connectivity index (χ3n) is 3.79. The van der Waals surface area contributed by atoms with Gasteiger partial charge in [0.25, 0.3) is 0 Å². The van der Waals surface area contributed by atoms with Crippen LogP contribution in [0.2, 0.25) is 0 Å². The van der Waals surface area contributed by atoms with E-state index in [4.69, 9.17) is 0 Å². The van der Waals surface area contributed by atoms with Gasteiger partial charge in [-0.2, -0.15) is 0 Å². The molecule has 1 radical (unpaired) electrons. The van der Waals surface area contributed by atoms with Crippen molar-refractivity contribution in [2.24, 2.45) is 0 Å². The van der Waals surface area contributed by atoms with Gasteiger partial charge in [0.05, 0.1) is 22.7 Å². The summed E-state index contributed by atoms with van der Waals surface area (Å²) in [5.74, 6) is 0. The smallest absolute Gasteiger partial charge is 0.246 e. The van der Waals surface area contributed by atoms with E-state index in [0.717, 1.165) is 6.42 Å². The van der Waals surface area contributed by atoms with E-state index in [0.29, 0.717) is 19.3 Å². The molecule has 0 aromatic carbocycles. The molecule has 0 amide bonds. The quantitative estimate of drug-likeness (QED) is 0.154. The summed E-state index contributed by atoms with van der Waals surface area (Å²) in [4.78, 5) is 31.2. The number of unbranched alkanes of at least 4 members (excludes halogenated alkanes) is 5. The van der Waals surface area contributed by atoms with E-state index in [1.807, 2.05) is 12.2 Å². The molecule has 0 rings (SSSR count). The van der Waals surface area contributed by atoms with Crippen molar-refractivity contribution in [1.29, 1.82) is 0 Å². The van der Waals surface area contributed by atoms with Crippen LogP contribution in [0.3, 0.4) is 0 Å². The fourth-order valence-electron chi connectivity index (χ4n) is 2.24. The molecule has 27 heavy (non-hydrogen) atoms. The number of carbonyl (C=O) groups excluding carboxylic acids is 1. The standard InChI is InChI=1S/C20H29N2O5/c1-2-3-4-5-6-7-8-9-11-14-19(21(24)25)16-17-20(22(26)27)15-12-10-13-18-23/h6-7,9,11,15-16H,2-5,8,10,12-14,17H2,1H3/b7-6+,11-9+,19-16-,20-15-. The van der Waals surface area contributed by atoms with E-state index in [1.54, 1.807) is 12.4 Å². The van der Waals surface area contributed by atoms with Crippen molar-refractivity contribution in [2.75, 3.05) is 0 Å². The molecule has 0 fully saturated rings. The van der Waals surface area contributed by atoms with Crippen LogP contribution < -0.4 is 0 Å². The SMILES string of the molecule is CCCCC/C=C/C/C=C/C/C(=C/C/C(=C/CCC[C]=O)[N+](=O)[O-])[N+](=O)[O-]. The predicted molar refractivity (Wildman–Crippen MR) is 106 cm³/mol. The van der Waals surface area contributed by atoms with Gasteiger partial charge < -0.3 is 0 Å². The summed E-state index contributed by atoms with van der Waals surface area (Å²) < 4.78 is 0. The summed E-state index contributed by atoms with van der Waals surface area (Å²) in [7, 11) is 0. The van der Waals surface area contributed by atoms with E-state index in [1.165, 1.54) is 31.4 Å². The lowest BCUT2D eigenvalue weighted by atomic mass is 10.1. The number of nitrogens with zero attached hydrogens (tertiary/aromatic N) is 2. The highest BCUT2D eigenvalue weighted by Gasteiger charge is 2.13. The first-order chi connectivity index (χ1) is 13.0. The average Bonchev–Trinajstić information content (AvgIpc) is 2.63. The lowest BCUT2D eigenvalue weighted by Gasteiger charge is -1.97. The maximum absolute atomic E-state index is 11.1. The van der Waals surface area contributed by atoms with Crippen molar-refractivity contribution in [3.05, 3.63) is 68.1 Å². The summed E-state index contributed by atoms with van der Waals surface area (Å²) in [5.41, 5.74) is -0.161. The van der Waals surface area contributed by atoms with Crippen LogP contribution in [-0.4, -0.2) is 16.1 Å². The Balaban J connectivity index is 4.54. The van der Waals surface area contributed by atoms with Gasteiger partial charge in [0, 0.05) is 6.42 Å². The monoisotopic (exact) mass is 377 g/mol. The lowest BCUT2D eigenvalue weighted by Crippen LogP contribution is -2.01. The normalized spacial score (nSPS) is 12.8. The van der Waals surface area contributed by atoms with E-state index >= 15 is 0 Å². The van der Waals surface area contributed by atoms with Crippen molar-refractivity contribution in [2.45, 2.75) is 71.1 Å².